The summed E-state index contributed by atoms with van der Waals surface area (Å²) in [4.78, 5) is 29.9. The van der Waals surface area contributed by atoms with E-state index in [0.29, 0.717) is 25.9 Å². The van der Waals surface area contributed by atoms with Gasteiger partial charge in [0.1, 0.15) is 0 Å². The molecule has 32 heavy (non-hydrogen) atoms. The fourth-order valence-corrected chi connectivity index (χ4v) is 5.64. The van der Waals surface area contributed by atoms with E-state index in [0.717, 1.165) is 58.7 Å². The number of morpholine rings is 1. The molecule has 1 aromatic rings. The fourth-order valence-electron chi connectivity index (χ4n) is 5.64. The summed E-state index contributed by atoms with van der Waals surface area (Å²) in [5.41, 5.74) is 1.40. The average molecular weight is 442 g/mol. The second kappa shape index (κ2) is 11.3. The molecule has 1 saturated carbocycles. The molecule has 0 radical (unpaired) electrons. The van der Waals surface area contributed by atoms with Crippen LogP contribution in [0, 0.1) is 5.92 Å². The molecule has 2 heterocycles. The molecular weight excluding hydrogens is 402 g/mol. The zero-order valence-electron chi connectivity index (χ0n) is 19.4. The van der Waals surface area contributed by atoms with E-state index < -0.39 is 0 Å². The van der Waals surface area contributed by atoms with Crippen molar-refractivity contribution in [3.63, 3.8) is 0 Å². The number of hydrogen-bond acceptors (Lipinski definition) is 4. The number of piperidine rings is 1. The van der Waals surface area contributed by atoms with Crippen molar-refractivity contribution in [1.82, 2.24) is 15.1 Å². The minimum absolute atomic E-state index is 0.0531. The molecule has 2 aliphatic heterocycles. The standard InChI is InChI=1S/C26H39N3O3/c30-24-11-10-22(20-29(24)15-7-14-28-16-18-32-19-17-28)25(31)27-21-26(12-5-2-6-13-26)23-8-3-1-4-9-23/h1,3-4,8-9,22H,2,5-7,10-21H2,(H,27,31)/t22-/m0/s1. The van der Waals surface area contributed by atoms with Gasteiger partial charge in [-0.3, -0.25) is 14.5 Å². The third kappa shape index (κ3) is 5.90. The first-order valence-corrected chi connectivity index (χ1v) is 12.6. The van der Waals surface area contributed by atoms with Crippen LogP contribution in [0.2, 0.25) is 0 Å². The highest BCUT2D eigenvalue weighted by molar-refractivity contribution is 5.83. The van der Waals surface area contributed by atoms with Gasteiger partial charge in [0.15, 0.2) is 0 Å². The van der Waals surface area contributed by atoms with E-state index in [1.165, 1.54) is 24.8 Å². The molecule has 0 spiro atoms. The SMILES string of the molecule is O=C(NCC1(c2ccccc2)CCCCC1)[C@H]1CCC(=O)N(CCCN2CCOCC2)C1. The maximum atomic E-state index is 13.1. The number of carbonyl (C=O) groups is 2. The van der Waals surface area contributed by atoms with Crippen molar-refractivity contribution in [1.29, 1.82) is 0 Å². The van der Waals surface area contributed by atoms with Gasteiger partial charge < -0.3 is 15.0 Å². The lowest BCUT2D eigenvalue weighted by Gasteiger charge is -2.39. The monoisotopic (exact) mass is 441 g/mol. The molecule has 3 fully saturated rings. The molecule has 2 amide bonds. The first-order valence-electron chi connectivity index (χ1n) is 12.6. The normalized spacial score (nSPS) is 24.3. The summed E-state index contributed by atoms with van der Waals surface area (Å²) in [7, 11) is 0. The van der Waals surface area contributed by atoms with Gasteiger partial charge in [0, 0.05) is 51.1 Å². The van der Waals surface area contributed by atoms with Crippen molar-refractivity contribution in [2.24, 2.45) is 5.92 Å². The summed E-state index contributed by atoms with van der Waals surface area (Å²) >= 11 is 0. The van der Waals surface area contributed by atoms with Gasteiger partial charge in [0.2, 0.25) is 11.8 Å². The van der Waals surface area contributed by atoms with E-state index in [2.05, 4.69) is 40.5 Å². The molecular formula is C26H39N3O3. The first-order chi connectivity index (χ1) is 15.7. The van der Waals surface area contributed by atoms with Crippen molar-refractivity contribution in [2.45, 2.75) is 56.8 Å². The summed E-state index contributed by atoms with van der Waals surface area (Å²) in [6.07, 6.45) is 8.10. The van der Waals surface area contributed by atoms with E-state index in [9.17, 15) is 9.59 Å². The summed E-state index contributed by atoms with van der Waals surface area (Å²) < 4.78 is 5.40. The molecule has 3 aliphatic rings. The topological polar surface area (TPSA) is 61.9 Å². The Morgan fingerprint density at radius 1 is 1.06 bits per heavy atom. The first kappa shape index (κ1) is 23.2. The van der Waals surface area contributed by atoms with Crippen molar-refractivity contribution in [2.75, 3.05) is 52.5 Å². The quantitative estimate of drug-likeness (QED) is 0.674. The second-order valence-corrected chi connectivity index (χ2v) is 9.81. The van der Waals surface area contributed by atoms with Gasteiger partial charge in [0.25, 0.3) is 0 Å². The van der Waals surface area contributed by atoms with Crippen LogP contribution in [0.25, 0.3) is 0 Å². The Hall–Kier alpha value is -1.92. The van der Waals surface area contributed by atoms with E-state index in [-0.39, 0.29) is 23.1 Å². The predicted octanol–water partition coefficient (Wildman–Crippen LogP) is 2.97. The zero-order valence-corrected chi connectivity index (χ0v) is 19.4. The number of carbonyl (C=O) groups excluding carboxylic acids is 2. The summed E-state index contributed by atoms with van der Waals surface area (Å²) in [6.45, 7) is 6.55. The molecule has 1 N–H and O–H groups in total. The molecule has 1 aliphatic carbocycles. The molecule has 2 saturated heterocycles. The average Bonchev–Trinajstić information content (AvgIpc) is 2.85. The molecule has 6 nitrogen and oxygen atoms in total. The van der Waals surface area contributed by atoms with Crippen molar-refractivity contribution < 1.29 is 14.3 Å². The number of ether oxygens (including phenoxy) is 1. The zero-order chi connectivity index (χ0) is 22.2. The Morgan fingerprint density at radius 3 is 2.56 bits per heavy atom. The summed E-state index contributed by atoms with van der Waals surface area (Å²) in [5, 5.41) is 3.31. The van der Waals surface area contributed by atoms with Gasteiger partial charge >= 0.3 is 0 Å². The van der Waals surface area contributed by atoms with E-state index >= 15 is 0 Å². The molecule has 4 rings (SSSR count). The van der Waals surface area contributed by atoms with Gasteiger partial charge in [-0.2, -0.15) is 0 Å². The summed E-state index contributed by atoms with van der Waals surface area (Å²) in [6, 6.07) is 10.7. The lowest BCUT2D eigenvalue weighted by Crippen LogP contribution is -2.49. The molecule has 0 aromatic heterocycles. The molecule has 0 bridgehead atoms. The third-order valence-electron chi connectivity index (χ3n) is 7.67. The highest BCUT2D eigenvalue weighted by Gasteiger charge is 2.36. The minimum atomic E-state index is -0.0903. The number of hydrogen-bond donors (Lipinski definition) is 1. The Balaban J connectivity index is 1.29. The van der Waals surface area contributed by atoms with Gasteiger partial charge in [-0.05, 0) is 31.2 Å². The number of benzene rings is 1. The smallest absolute Gasteiger partial charge is 0.224 e. The number of rotatable bonds is 8. The van der Waals surface area contributed by atoms with Crippen LogP contribution in [-0.2, 0) is 19.7 Å². The van der Waals surface area contributed by atoms with Gasteiger partial charge in [-0.25, -0.2) is 0 Å². The maximum absolute atomic E-state index is 13.1. The summed E-state index contributed by atoms with van der Waals surface area (Å²) in [5.74, 6) is 0.230. The third-order valence-corrected chi connectivity index (χ3v) is 7.67. The Labute approximate surface area is 192 Å². The lowest BCUT2D eigenvalue weighted by atomic mass is 9.69. The van der Waals surface area contributed by atoms with Crippen LogP contribution in [0.1, 0.15) is 56.9 Å². The van der Waals surface area contributed by atoms with E-state index in [1.807, 2.05) is 4.90 Å². The largest absolute Gasteiger partial charge is 0.379 e. The van der Waals surface area contributed by atoms with Crippen LogP contribution in [0.5, 0.6) is 0 Å². The van der Waals surface area contributed by atoms with Crippen molar-refractivity contribution in [3.05, 3.63) is 35.9 Å². The van der Waals surface area contributed by atoms with E-state index in [4.69, 9.17) is 4.74 Å². The molecule has 176 valence electrons. The molecule has 6 heteroatoms. The fraction of sp³-hybridized carbons (Fsp3) is 0.692. The Bertz CT molecular complexity index is 742. The molecule has 0 unspecified atom stereocenters. The highest BCUT2D eigenvalue weighted by atomic mass is 16.5. The van der Waals surface area contributed by atoms with Crippen LogP contribution < -0.4 is 5.32 Å². The number of likely N-dealkylation sites (tertiary alicyclic amines) is 1. The Kier molecular flexibility index (Phi) is 8.20. The highest BCUT2D eigenvalue weighted by Crippen LogP contribution is 2.39. The van der Waals surface area contributed by atoms with Gasteiger partial charge in [-0.1, -0.05) is 49.6 Å². The second-order valence-electron chi connectivity index (χ2n) is 9.81. The van der Waals surface area contributed by atoms with Gasteiger partial charge in [-0.15, -0.1) is 0 Å². The van der Waals surface area contributed by atoms with Crippen LogP contribution >= 0.6 is 0 Å². The van der Waals surface area contributed by atoms with Crippen LogP contribution in [0.15, 0.2) is 30.3 Å². The van der Waals surface area contributed by atoms with Gasteiger partial charge in [0.05, 0.1) is 19.1 Å². The van der Waals surface area contributed by atoms with E-state index in [1.54, 1.807) is 0 Å². The molecule has 1 aromatic carbocycles. The van der Waals surface area contributed by atoms with Crippen LogP contribution in [0.4, 0.5) is 0 Å². The number of nitrogens with zero attached hydrogens (tertiary/aromatic N) is 2. The number of amides is 2. The van der Waals surface area contributed by atoms with Crippen LogP contribution in [-0.4, -0.2) is 74.1 Å². The minimum Gasteiger partial charge on any atom is -0.379 e. The number of nitrogens with one attached hydrogen (secondary N) is 1. The van der Waals surface area contributed by atoms with Crippen LogP contribution in [0.3, 0.4) is 0 Å². The lowest BCUT2D eigenvalue weighted by molar-refractivity contribution is -0.138. The molecule has 1 atom stereocenters. The van der Waals surface area contributed by atoms with Crippen molar-refractivity contribution >= 4 is 11.8 Å². The maximum Gasteiger partial charge on any atom is 0.224 e. The predicted molar refractivity (Wildman–Crippen MR) is 125 cm³/mol. The Morgan fingerprint density at radius 2 is 1.81 bits per heavy atom. The van der Waals surface area contributed by atoms with Crippen molar-refractivity contribution in [3.8, 4) is 0 Å².